The molecule has 0 radical (unpaired) electrons. The van der Waals surface area contributed by atoms with E-state index in [1.54, 1.807) is 36.0 Å². The van der Waals surface area contributed by atoms with Crippen LogP contribution in [0, 0.1) is 0 Å². The zero-order valence-electron chi connectivity index (χ0n) is 23.0. The number of nitrogens with two attached hydrogens (primary N) is 1. The summed E-state index contributed by atoms with van der Waals surface area (Å²) in [6.07, 6.45) is 7.13. The molecule has 3 aromatic carbocycles. The highest BCUT2D eigenvalue weighted by Gasteiger charge is 2.20. The van der Waals surface area contributed by atoms with E-state index in [0.29, 0.717) is 30.0 Å². The number of benzene rings is 3. The minimum absolute atomic E-state index is 0.141. The van der Waals surface area contributed by atoms with Gasteiger partial charge in [0.05, 0.1) is 11.4 Å². The molecule has 5 N–H and O–H groups in total. The maximum Gasteiger partial charge on any atom is 0.255 e. The Labute approximate surface area is 240 Å². The summed E-state index contributed by atoms with van der Waals surface area (Å²) in [5.74, 6) is -0.384. The fraction of sp³-hybridized carbons (Fsp3) is 0.152. The zero-order valence-corrected chi connectivity index (χ0v) is 23.8. The summed E-state index contributed by atoms with van der Waals surface area (Å²) < 4.78 is 0. The van der Waals surface area contributed by atoms with Crippen LogP contribution in [0.25, 0.3) is 5.57 Å². The van der Waals surface area contributed by atoms with E-state index in [0.717, 1.165) is 37.8 Å². The fourth-order valence-electron chi connectivity index (χ4n) is 4.18. The molecular weight excluding hydrogens is 516 g/mol. The molecule has 0 bridgehead atoms. The van der Waals surface area contributed by atoms with Crippen molar-refractivity contribution in [3.05, 3.63) is 125 Å². The van der Waals surface area contributed by atoms with Crippen molar-refractivity contribution in [1.82, 2.24) is 10.6 Å². The molecule has 4 rings (SSSR count). The van der Waals surface area contributed by atoms with Crippen LogP contribution in [0.3, 0.4) is 0 Å². The third-order valence-corrected chi connectivity index (χ3v) is 7.26. The standard InChI is InChI=1S/C33H34N4O2S/c1-22(2)20-24(33(39)37-29-13-7-6-12-28(29)34)17-16-23(3)35-18-19-36-32(38)21-27-25-10-4-8-14-30(25)40-31-15-9-5-11-26(27)31/h4-17,20-21,35H,18-19,34H2,1-3H3,(H,36,38)(H,37,39)/b23-16+,24-17+. The van der Waals surface area contributed by atoms with E-state index >= 15 is 0 Å². The number of amides is 2. The van der Waals surface area contributed by atoms with Gasteiger partial charge in [0, 0.05) is 40.2 Å². The topological polar surface area (TPSA) is 96.2 Å². The SMILES string of the molecule is CC(C)=C/C(=C\C=C(/C)NCCNC(=O)C=C1c2ccccc2Sc2ccccc21)C(=O)Nc1ccccc1N. The van der Waals surface area contributed by atoms with E-state index in [9.17, 15) is 9.59 Å². The molecule has 1 heterocycles. The highest BCUT2D eigenvalue weighted by molar-refractivity contribution is 7.99. The van der Waals surface area contributed by atoms with Gasteiger partial charge in [-0.05, 0) is 73.9 Å². The van der Waals surface area contributed by atoms with Gasteiger partial charge in [-0.25, -0.2) is 0 Å². The monoisotopic (exact) mass is 550 g/mol. The van der Waals surface area contributed by atoms with E-state index < -0.39 is 0 Å². The highest BCUT2D eigenvalue weighted by atomic mass is 32.2. The summed E-state index contributed by atoms with van der Waals surface area (Å²) in [4.78, 5) is 28.0. The van der Waals surface area contributed by atoms with Crippen molar-refractivity contribution in [2.75, 3.05) is 24.1 Å². The van der Waals surface area contributed by atoms with Crippen molar-refractivity contribution in [2.24, 2.45) is 0 Å². The second-order valence-corrected chi connectivity index (χ2v) is 10.7. The minimum Gasteiger partial charge on any atom is -0.397 e. The number of nitrogen functional groups attached to an aromatic ring is 1. The molecule has 3 aromatic rings. The molecule has 0 aliphatic carbocycles. The summed E-state index contributed by atoms with van der Waals surface area (Å²) in [6.45, 7) is 6.78. The number of rotatable bonds is 9. The van der Waals surface area contributed by atoms with E-state index in [-0.39, 0.29) is 11.8 Å². The lowest BCUT2D eigenvalue weighted by Crippen LogP contribution is -2.30. The van der Waals surface area contributed by atoms with Gasteiger partial charge < -0.3 is 21.7 Å². The van der Waals surface area contributed by atoms with Crippen molar-refractivity contribution in [2.45, 2.75) is 30.6 Å². The largest absolute Gasteiger partial charge is 0.397 e. The fourth-order valence-corrected chi connectivity index (χ4v) is 5.29. The third kappa shape index (κ3) is 7.55. The molecule has 1 aliphatic heterocycles. The Bertz CT molecular complexity index is 1480. The zero-order chi connectivity index (χ0) is 28.5. The van der Waals surface area contributed by atoms with E-state index in [1.807, 2.05) is 69.3 Å². The number of carbonyl (C=O) groups excluding carboxylic acids is 2. The molecule has 1 aliphatic rings. The van der Waals surface area contributed by atoms with Gasteiger partial charge in [-0.2, -0.15) is 0 Å². The molecule has 0 fully saturated rings. The Morgan fingerprint density at radius 2 is 1.40 bits per heavy atom. The van der Waals surface area contributed by atoms with Gasteiger partial charge in [-0.3, -0.25) is 9.59 Å². The van der Waals surface area contributed by atoms with Gasteiger partial charge in [0.15, 0.2) is 0 Å². The normalized spacial score (nSPS) is 12.5. The van der Waals surface area contributed by atoms with E-state index in [2.05, 4.69) is 40.2 Å². The van der Waals surface area contributed by atoms with Crippen molar-refractivity contribution in [3.8, 4) is 0 Å². The van der Waals surface area contributed by atoms with Crippen molar-refractivity contribution >= 4 is 40.5 Å². The molecule has 7 heteroatoms. The van der Waals surface area contributed by atoms with Crippen LogP contribution in [0.5, 0.6) is 0 Å². The lowest BCUT2D eigenvalue weighted by Gasteiger charge is -2.21. The Kier molecular flexibility index (Phi) is 9.65. The summed E-state index contributed by atoms with van der Waals surface area (Å²) in [5, 5.41) is 9.13. The van der Waals surface area contributed by atoms with Crippen molar-refractivity contribution in [1.29, 1.82) is 0 Å². The predicted octanol–water partition coefficient (Wildman–Crippen LogP) is 6.31. The number of carbonyl (C=O) groups is 2. The first-order valence-electron chi connectivity index (χ1n) is 13.1. The van der Waals surface area contributed by atoms with Gasteiger partial charge in [-0.15, -0.1) is 0 Å². The number of fused-ring (bicyclic) bond motifs is 2. The second kappa shape index (κ2) is 13.5. The summed E-state index contributed by atoms with van der Waals surface area (Å²) in [7, 11) is 0. The maximum atomic E-state index is 12.9. The molecule has 2 amide bonds. The molecule has 40 heavy (non-hydrogen) atoms. The summed E-state index contributed by atoms with van der Waals surface area (Å²) in [5.41, 5.74) is 12.5. The van der Waals surface area contributed by atoms with Crippen molar-refractivity contribution < 1.29 is 9.59 Å². The molecule has 0 atom stereocenters. The lowest BCUT2D eigenvalue weighted by molar-refractivity contribution is -0.116. The summed E-state index contributed by atoms with van der Waals surface area (Å²) >= 11 is 1.72. The molecular formula is C33H34N4O2S. The first-order valence-corrected chi connectivity index (χ1v) is 13.9. The summed E-state index contributed by atoms with van der Waals surface area (Å²) in [6, 6.07) is 23.5. The maximum absolute atomic E-state index is 12.9. The number of hydrogen-bond acceptors (Lipinski definition) is 5. The van der Waals surface area contributed by atoms with Gasteiger partial charge in [0.25, 0.3) is 5.91 Å². The van der Waals surface area contributed by atoms with Crippen LogP contribution in [-0.4, -0.2) is 24.9 Å². The second-order valence-electron chi connectivity index (χ2n) is 9.60. The van der Waals surface area contributed by atoms with Gasteiger partial charge in [-0.1, -0.05) is 71.9 Å². The van der Waals surface area contributed by atoms with Crippen LogP contribution >= 0.6 is 11.8 Å². The number of para-hydroxylation sites is 2. The Balaban J connectivity index is 1.36. The highest BCUT2D eigenvalue weighted by Crippen LogP contribution is 2.44. The van der Waals surface area contributed by atoms with Crippen LogP contribution in [0.15, 0.2) is 124 Å². The van der Waals surface area contributed by atoms with Crippen LogP contribution in [0.2, 0.25) is 0 Å². The molecule has 0 unspecified atom stereocenters. The molecule has 0 aromatic heterocycles. The molecule has 0 spiro atoms. The third-order valence-electron chi connectivity index (χ3n) is 6.11. The molecule has 0 saturated heterocycles. The lowest BCUT2D eigenvalue weighted by atomic mass is 9.96. The van der Waals surface area contributed by atoms with E-state index in [1.165, 1.54) is 0 Å². The molecule has 0 saturated carbocycles. The first kappa shape index (κ1) is 28.5. The quantitative estimate of drug-likeness (QED) is 0.0848. The van der Waals surface area contributed by atoms with Gasteiger partial charge >= 0.3 is 0 Å². The van der Waals surface area contributed by atoms with Crippen LogP contribution in [-0.2, 0) is 9.59 Å². The minimum atomic E-state index is -0.243. The average Bonchev–Trinajstić information content (AvgIpc) is 2.94. The predicted molar refractivity (Wildman–Crippen MR) is 166 cm³/mol. The Morgan fingerprint density at radius 3 is 2.05 bits per heavy atom. The van der Waals surface area contributed by atoms with Crippen LogP contribution in [0.1, 0.15) is 31.9 Å². The first-order chi connectivity index (χ1) is 19.3. The van der Waals surface area contributed by atoms with E-state index in [4.69, 9.17) is 5.73 Å². The average molecular weight is 551 g/mol. The number of allylic oxidation sites excluding steroid dienone is 4. The van der Waals surface area contributed by atoms with Crippen LogP contribution in [0.4, 0.5) is 11.4 Å². The number of anilines is 2. The van der Waals surface area contributed by atoms with Gasteiger partial charge in [0.1, 0.15) is 0 Å². The van der Waals surface area contributed by atoms with Gasteiger partial charge in [0.2, 0.25) is 5.91 Å². The van der Waals surface area contributed by atoms with Crippen molar-refractivity contribution in [3.63, 3.8) is 0 Å². The number of hydrogen-bond donors (Lipinski definition) is 4. The molecule has 6 nitrogen and oxygen atoms in total. The Morgan fingerprint density at radius 1 is 0.800 bits per heavy atom. The Hall–Kier alpha value is -4.49. The van der Waals surface area contributed by atoms with Crippen LogP contribution < -0.4 is 21.7 Å². The smallest absolute Gasteiger partial charge is 0.255 e. The molecule has 204 valence electrons. The number of nitrogens with one attached hydrogen (secondary N) is 3.